The first-order valence-corrected chi connectivity index (χ1v) is 9.77. The summed E-state index contributed by atoms with van der Waals surface area (Å²) in [7, 11) is 0. The van der Waals surface area contributed by atoms with Gasteiger partial charge in [0.25, 0.3) is 0 Å². The van der Waals surface area contributed by atoms with Crippen LogP contribution in [0.3, 0.4) is 0 Å². The number of aliphatic hydroxyl groups excluding tert-OH is 1. The number of hydrogen-bond donors (Lipinski definition) is 3. The minimum absolute atomic E-state index is 0.0215. The van der Waals surface area contributed by atoms with Crippen molar-refractivity contribution in [3.05, 3.63) is 35.9 Å². The highest BCUT2D eigenvalue weighted by atomic mass is 32.2. The van der Waals surface area contributed by atoms with E-state index in [4.69, 9.17) is 5.11 Å². The van der Waals surface area contributed by atoms with Crippen LogP contribution in [0.15, 0.2) is 30.3 Å². The minimum atomic E-state index is -0.861. The maximum Gasteiger partial charge on any atom is 0.317 e. The monoisotopic (exact) mass is 366 g/mol. The SMILES string of the molecule is O=C(O)CCC(Cc1ccccc1)NC(=O)N1CCSCC1CCO. The number of aliphatic hydroxyl groups is 1. The largest absolute Gasteiger partial charge is 0.481 e. The summed E-state index contributed by atoms with van der Waals surface area (Å²) in [6.45, 7) is 0.708. The average Bonchev–Trinajstić information content (AvgIpc) is 2.61. The van der Waals surface area contributed by atoms with Gasteiger partial charge in [-0.2, -0.15) is 11.8 Å². The molecule has 25 heavy (non-hydrogen) atoms. The van der Waals surface area contributed by atoms with Gasteiger partial charge < -0.3 is 20.4 Å². The first-order valence-electron chi connectivity index (χ1n) is 8.61. The fourth-order valence-electron chi connectivity index (χ4n) is 2.99. The fourth-order valence-corrected chi connectivity index (χ4v) is 4.10. The van der Waals surface area contributed by atoms with Gasteiger partial charge >= 0.3 is 12.0 Å². The van der Waals surface area contributed by atoms with Crippen molar-refractivity contribution in [2.75, 3.05) is 24.7 Å². The van der Waals surface area contributed by atoms with Gasteiger partial charge in [0, 0.05) is 43.2 Å². The molecule has 1 heterocycles. The van der Waals surface area contributed by atoms with Gasteiger partial charge in [0.15, 0.2) is 0 Å². The van der Waals surface area contributed by atoms with Crippen molar-refractivity contribution in [1.82, 2.24) is 10.2 Å². The van der Waals surface area contributed by atoms with Crippen molar-refractivity contribution in [3.8, 4) is 0 Å². The number of nitrogens with zero attached hydrogens (tertiary/aromatic N) is 1. The van der Waals surface area contributed by atoms with Crippen molar-refractivity contribution in [2.45, 2.75) is 37.8 Å². The molecule has 0 radical (unpaired) electrons. The summed E-state index contributed by atoms with van der Waals surface area (Å²) >= 11 is 1.79. The zero-order valence-electron chi connectivity index (χ0n) is 14.3. The zero-order chi connectivity index (χ0) is 18.1. The van der Waals surface area contributed by atoms with Gasteiger partial charge in [-0.1, -0.05) is 30.3 Å². The van der Waals surface area contributed by atoms with Gasteiger partial charge in [-0.3, -0.25) is 4.79 Å². The predicted molar refractivity (Wildman–Crippen MR) is 98.9 cm³/mol. The average molecular weight is 366 g/mol. The van der Waals surface area contributed by atoms with Crippen molar-refractivity contribution in [2.24, 2.45) is 0 Å². The molecule has 7 heteroatoms. The van der Waals surface area contributed by atoms with Gasteiger partial charge in [0.1, 0.15) is 0 Å². The molecule has 0 spiro atoms. The summed E-state index contributed by atoms with van der Waals surface area (Å²) in [6, 6.07) is 9.40. The molecule has 1 aliphatic rings. The lowest BCUT2D eigenvalue weighted by Gasteiger charge is -2.36. The Morgan fingerprint density at radius 1 is 1.32 bits per heavy atom. The molecule has 3 N–H and O–H groups in total. The highest BCUT2D eigenvalue weighted by Crippen LogP contribution is 2.19. The highest BCUT2D eigenvalue weighted by molar-refractivity contribution is 7.99. The number of carbonyl (C=O) groups excluding carboxylic acids is 1. The standard InChI is InChI=1S/C18H26N2O4S/c21-10-8-16-13-25-11-9-20(16)18(24)19-15(6-7-17(22)23)12-14-4-2-1-3-5-14/h1-5,15-16,21H,6-13H2,(H,19,24)(H,22,23). The number of benzene rings is 1. The van der Waals surface area contributed by atoms with Crippen LogP contribution in [0, 0.1) is 0 Å². The third-order valence-corrected chi connectivity index (χ3v) is 5.40. The summed E-state index contributed by atoms with van der Waals surface area (Å²) in [4.78, 5) is 25.4. The molecule has 138 valence electrons. The molecule has 0 saturated carbocycles. The molecule has 0 bridgehead atoms. The van der Waals surface area contributed by atoms with Crippen molar-refractivity contribution in [3.63, 3.8) is 0 Å². The Balaban J connectivity index is 2.00. The first-order chi connectivity index (χ1) is 12.1. The number of aliphatic carboxylic acids is 1. The second-order valence-corrected chi connectivity index (χ2v) is 7.35. The molecule has 1 aromatic rings. The number of carboxylic acids is 1. The quantitative estimate of drug-likeness (QED) is 0.654. The van der Waals surface area contributed by atoms with E-state index in [0.717, 1.165) is 17.1 Å². The summed E-state index contributed by atoms with van der Waals surface area (Å²) in [6.07, 6.45) is 1.59. The Hall–Kier alpha value is -1.73. The van der Waals surface area contributed by atoms with Gasteiger partial charge in [-0.05, 0) is 24.8 Å². The maximum atomic E-state index is 12.7. The number of hydrogen-bond acceptors (Lipinski definition) is 4. The molecule has 6 nitrogen and oxygen atoms in total. The molecule has 0 aromatic heterocycles. The van der Waals surface area contributed by atoms with Gasteiger partial charge in [-0.15, -0.1) is 0 Å². The number of amides is 2. The van der Waals surface area contributed by atoms with Crippen molar-refractivity contribution >= 4 is 23.8 Å². The van der Waals surface area contributed by atoms with Crippen LogP contribution in [0.5, 0.6) is 0 Å². The van der Waals surface area contributed by atoms with E-state index < -0.39 is 5.97 Å². The molecule has 2 unspecified atom stereocenters. The minimum Gasteiger partial charge on any atom is -0.481 e. The van der Waals surface area contributed by atoms with Crippen molar-refractivity contribution < 1.29 is 19.8 Å². The normalized spacial score (nSPS) is 18.6. The van der Waals surface area contributed by atoms with E-state index in [2.05, 4.69) is 5.32 Å². The topological polar surface area (TPSA) is 89.9 Å². The van der Waals surface area contributed by atoms with E-state index in [9.17, 15) is 14.7 Å². The van der Waals surface area contributed by atoms with Crippen LogP contribution < -0.4 is 5.32 Å². The third-order valence-electron chi connectivity index (χ3n) is 4.31. The highest BCUT2D eigenvalue weighted by Gasteiger charge is 2.28. The third kappa shape index (κ3) is 6.59. The Kier molecular flexibility index (Phi) is 8.08. The molecule has 1 aliphatic heterocycles. The summed E-state index contributed by atoms with van der Waals surface area (Å²) in [5.41, 5.74) is 1.07. The van der Waals surface area contributed by atoms with Crippen LogP contribution >= 0.6 is 11.8 Å². The Morgan fingerprint density at radius 3 is 2.76 bits per heavy atom. The number of rotatable bonds is 8. The van der Waals surface area contributed by atoms with E-state index in [0.29, 0.717) is 25.8 Å². The molecule has 2 amide bonds. The van der Waals surface area contributed by atoms with Crippen LogP contribution in [0.1, 0.15) is 24.8 Å². The number of urea groups is 1. The van der Waals surface area contributed by atoms with Crippen LogP contribution in [-0.4, -0.2) is 63.9 Å². The molecule has 1 aromatic carbocycles. The Bertz CT molecular complexity index is 553. The molecule has 1 fully saturated rings. The van der Waals surface area contributed by atoms with E-state index in [1.807, 2.05) is 30.3 Å². The first kappa shape index (κ1) is 19.6. The predicted octanol–water partition coefficient (Wildman–Crippen LogP) is 1.97. The molecule has 1 saturated heterocycles. The zero-order valence-corrected chi connectivity index (χ0v) is 15.1. The van der Waals surface area contributed by atoms with E-state index in [-0.39, 0.29) is 31.1 Å². The molecular formula is C18H26N2O4S. The lowest BCUT2D eigenvalue weighted by Crippen LogP contribution is -2.53. The van der Waals surface area contributed by atoms with Crippen LogP contribution in [0.25, 0.3) is 0 Å². The van der Waals surface area contributed by atoms with Gasteiger partial charge in [0.2, 0.25) is 0 Å². The van der Waals surface area contributed by atoms with E-state index >= 15 is 0 Å². The second kappa shape index (κ2) is 10.3. The number of carbonyl (C=O) groups is 2. The van der Waals surface area contributed by atoms with E-state index in [1.165, 1.54) is 0 Å². The van der Waals surface area contributed by atoms with Gasteiger partial charge in [0.05, 0.1) is 0 Å². The number of thioether (sulfide) groups is 1. The van der Waals surface area contributed by atoms with Crippen LogP contribution in [0.4, 0.5) is 4.79 Å². The van der Waals surface area contributed by atoms with Crippen LogP contribution in [0.2, 0.25) is 0 Å². The van der Waals surface area contributed by atoms with E-state index in [1.54, 1.807) is 16.7 Å². The lowest BCUT2D eigenvalue weighted by molar-refractivity contribution is -0.137. The number of carboxylic acid groups (broad SMARTS) is 1. The van der Waals surface area contributed by atoms with Crippen molar-refractivity contribution in [1.29, 1.82) is 0 Å². The lowest BCUT2D eigenvalue weighted by atomic mass is 10.0. The fraction of sp³-hybridized carbons (Fsp3) is 0.556. The molecule has 2 atom stereocenters. The molecule has 2 rings (SSSR count). The molecule has 0 aliphatic carbocycles. The van der Waals surface area contributed by atoms with Gasteiger partial charge in [-0.25, -0.2) is 4.79 Å². The maximum absolute atomic E-state index is 12.7. The van der Waals surface area contributed by atoms with Crippen LogP contribution in [-0.2, 0) is 11.2 Å². The second-order valence-electron chi connectivity index (χ2n) is 6.20. The molecular weight excluding hydrogens is 340 g/mol. The summed E-state index contributed by atoms with van der Waals surface area (Å²) < 4.78 is 0. The summed E-state index contributed by atoms with van der Waals surface area (Å²) in [5.74, 6) is 0.847. The summed E-state index contributed by atoms with van der Waals surface area (Å²) in [5, 5.41) is 21.2. The Morgan fingerprint density at radius 2 is 2.08 bits per heavy atom. The number of nitrogens with one attached hydrogen (secondary N) is 1. The smallest absolute Gasteiger partial charge is 0.317 e. The Labute approximate surface area is 152 Å².